The average Bonchev–Trinajstić information content (AvgIpc) is 2.42. The monoisotopic (exact) mass is 239 g/mol. The molecule has 18 heavy (non-hydrogen) atoms. The van der Waals surface area contributed by atoms with E-state index in [0.29, 0.717) is 12.2 Å². The molecule has 0 unspecified atom stereocenters. The fourth-order valence-electron chi connectivity index (χ4n) is 1.44. The maximum atomic E-state index is 11.3. The van der Waals surface area contributed by atoms with E-state index >= 15 is 0 Å². The van der Waals surface area contributed by atoms with Crippen LogP contribution >= 0.6 is 0 Å². The van der Waals surface area contributed by atoms with Gasteiger partial charge in [-0.2, -0.15) is 0 Å². The normalized spacial score (nSPS) is 10.7. The number of hydrogen-bond donors (Lipinski definition) is 1. The van der Waals surface area contributed by atoms with Crippen LogP contribution in [0.1, 0.15) is 5.69 Å². The van der Waals surface area contributed by atoms with Crippen LogP contribution in [0.5, 0.6) is 0 Å². The van der Waals surface area contributed by atoms with Crippen molar-refractivity contribution in [3.8, 4) is 0 Å². The number of benzene rings is 1. The molecule has 1 heterocycles. The number of fused-ring (bicyclic) bond motifs is 1. The lowest BCUT2D eigenvalue weighted by molar-refractivity contribution is -0.116. The molecule has 0 atom stereocenters. The maximum Gasteiger partial charge on any atom is 0.244 e. The van der Waals surface area contributed by atoms with Crippen LogP contribution in [0.15, 0.2) is 49.2 Å². The van der Waals surface area contributed by atoms with Crippen molar-refractivity contribution in [2.45, 2.75) is 0 Å². The first-order valence-corrected chi connectivity index (χ1v) is 5.58. The van der Waals surface area contributed by atoms with Crippen LogP contribution in [-0.2, 0) is 4.79 Å². The summed E-state index contributed by atoms with van der Waals surface area (Å²) < 4.78 is 0. The molecule has 0 aliphatic rings. The molecule has 90 valence electrons. The first-order valence-electron chi connectivity index (χ1n) is 5.58. The van der Waals surface area contributed by atoms with E-state index in [-0.39, 0.29) is 5.91 Å². The summed E-state index contributed by atoms with van der Waals surface area (Å²) in [6.45, 7) is 3.97. The van der Waals surface area contributed by atoms with Crippen LogP contribution in [-0.4, -0.2) is 22.4 Å². The summed E-state index contributed by atoms with van der Waals surface area (Å²) in [5, 5.41) is 2.65. The summed E-state index contributed by atoms with van der Waals surface area (Å²) in [5.74, 6) is -0.176. The fraction of sp³-hybridized carbons (Fsp3) is 0.0714. The summed E-state index contributed by atoms with van der Waals surface area (Å²) in [5.41, 5.74) is 2.30. The van der Waals surface area contributed by atoms with Crippen molar-refractivity contribution < 1.29 is 4.79 Å². The van der Waals surface area contributed by atoms with Gasteiger partial charge in [-0.05, 0) is 18.2 Å². The number of carbonyl (C=O) groups excluding carboxylic acids is 1. The molecule has 2 rings (SSSR count). The minimum atomic E-state index is -0.176. The molecule has 0 saturated heterocycles. The van der Waals surface area contributed by atoms with E-state index in [1.165, 1.54) is 6.08 Å². The maximum absolute atomic E-state index is 11.3. The smallest absolute Gasteiger partial charge is 0.244 e. The highest BCUT2D eigenvalue weighted by molar-refractivity contribution is 5.91. The van der Waals surface area contributed by atoms with E-state index in [4.69, 9.17) is 0 Å². The molecule has 0 aliphatic carbocycles. The Labute approximate surface area is 105 Å². The van der Waals surface area contributed by atoms with Crippen molar-refractivity contribution in [2.75, 3.05) is 6.54 Å². The molecule has 1 aromatic carbocycles. The molecule has 4 nitrogen and oxygen atoms in total. The summed E-state index contributed by atoms with van der Waals surface area (Å²) >= 11 is 0. The van der Waals surface area contributed by atoms with Crippen molar-refractivity contribution in [2.24, 2.45) is 0 Å². The standard InChI is InChI=1S/C14H13N3O/c1-2-9-15-14(18)8-7-11-10-16-12-5-3-4-6-13(12)17-11/h2-8,10H,1,9H2,(H,15,18). The van der Waals surface area contributed by atoms with Gasteiger partial charge in [0.1, 0.15) is 0 Å². The van der Waals surface area contributed by atoms with E-state index in [1.54, 1.807) is 18.3 Å². The molecule has 0 bridgehead atoms. The van der Waals surface area contributed by atoms with Crippen molar-refractivity contribution >= 4 is 23.0 Å². The quantitative estimate of drug-likeness (QED) is 0.655. The largest absolute Gasteiger partial charge is 0.349 e. The lowest BCUT2D eigenvalue weighted by Gasteiger charge is -1.98. The third-order valence-corrected chi connectivity index (χ3v) is 2.29. The zero-order valence-electron chi connectivity index (χ0n) is 9.84. The zero-order chi connectivity index (χ0) is 12.8. The molecule has 0 aliphatic heterocycles. The number of amides is 1. The second-order valence-electron chi connectivity index (χ2n) is 3.65. The van der Waals surface area contributed by atoms with Gasteiger partial charge in [0, 0.05) is 12.6 Å². The highest BCUT2D eigenvalue weighted by atomic mass is 16.1. The Bertz CT molecular complexity index is 605. The lowest BCUT2D eigenvalue weighted by atomic mass is 10.3. The van der Waals surface area contributed by atoms with E-state index in [1.807, 2.05) is 24.3 Å². The number of nitrogens with zero attached hydrogens (tertiary/aromatic N) is 2. The molecule has 2 aromatic rings. The summed E-state index contributed by atoms with van der Waals surface area (Å²) in [6.07, 6.45) is 6.33. The first kappa shape index (κ1) is 12.0. The molecule has 1 N–H and O–H groups in total. The lowest BCUT2D eigenvalue weighted by Crippen LogP contribution is -2.20. The van der Waals surface area contributed by atoms with E-state index in [9.17, 15) is 4.79 Å². The van der Waals surface area contributed by atoms with Crippen LogP contribution in [0.4, 0.5) is 0 Å². The van der Waals surface area contributed by atoms with Gasteiger partial charge in [-0.1, -0.05) is 18.2 Å². The number of para-hydroxylation sites is 2. The second kappa shape index (κ2) is 5.72. The van der Waals surface area contributed by atoms with Crippen LogP contribution in [0, 0.1) is 0 Å². The third kappa shape index (κ3) is 3.01. The Kier molecular flexibility index (Phi) is 3.81. The van der Waals surface area contributed by atoms with E-state index in [0.717, 1.165) is 11.0 Å². The van der Waals surface area contributed by atoms with Gasteiger partial charge in [0.25, 0.3) is 0 Å². The van der Waals surface area contributed by atoms with Crippen molar-refractivity contribution in [1.29, 1.82) is 0 Å². The highest BCUT2D eigenvalue weighted by Crippen LogP contribution is 2.08. The average molecular weight is 239 g/mol. The van der Waals surface area contributed by atoms with Gasteiger partial charge in [-0.3, -0.25) is 9.78 Å². The molecule has 1 amide bonds. The van der Waals surface area contributed by atoms with Gasteiger partial charge in [0.15, 0.2) is 0 Å². The van der Waals surface area contributed by atoms with E-state index < -0.39 is 0 Å². The minimum absolute atomic E-state index is 0.176. The number of hydrogen-bond acceptors (Lipinski definition) is 3. The zero-order valence-corrected chi connectivity index (χ0v) is 9.84. The summed E-state index contributed by atoms with van der Waals surface area (Å²) in [7, 11) is 0. The molecule has 0 saturated carbocycles. The van der Waals surface area contributed by atoms with Crippen molar-refractivity contribution in [3.63, 3.8) is 0 Å². The predicted octanol–water partition coefficient (Wildman–Crippen LogP) is 1.95. The van der Waals surface area contributed by atoms with Gasteiger partial charge in [-0.25, -0.2) is 4.98 Å². The Hall–Kier alpha value is -2.49. The molecular weight excluding hydrogens is 226 g/mol. The van der Waals surface area contributed by atoms with Crippen molar-refractivity contribution in [1.82, 2.24) is 15.3 Å². The van der Waals surface area contributed by atoms with E-state index in [2.05, 4.69) is 21.9 Å². The summed E-state index contributed by atoms with van der Waals surface area (Å²) in [6, 6.07) is 7.60. The number of carbonyl (C=O) groups is 1. The summed E-state index contributed by atoms with van der Waals surface area (Å²) in [4.78, 5) is 20.0. The molecule has 0 radical (unpaired) electrons. The first-order chi connectivity index (χ1) is 8.79. The number of nitrogens with one attached hydrogen (secondary N) is 1. The fourth-order valence-corrected chi connectivity index (χ4v) is 1.44. The Balaban J connectivity index is 2.14. The van der Waals surface area contributed by atoms with Crippen LogP contribution < -0.4 is 5.32 Å². The molecule has 4 heteroatoms. The molecule has 0 fully saturated rings. The highest BCUT2D eigenvalue weighted by Gasteiger charge is 1.97. The van der Waals surface area contributed by atoms with Gasteiger partial charge >= 0.3 is 0 Å². The second-order valence-corrected chi connectivity index (χ2v) is 3.65. The van der Waals surface area contributed by atoms with Gasteiger partial charge < -0.3 is 5.32 Å². The van der Waals surface area contributed by atoms with Gasteiger partial charge in [0.05, 0.1) is 22.9 Å². The third-order valence-electron chi connectivity index (χ3n) is 2.29. The Morgan fingerprint density at radius 2 is 2.11 bits per heavy atom. The topological polar surface area (TPSA) is 54.9 Å². The molecule has 1 aromatic heterocycles. The Morgan fingerprint density at radius 3 is 2.89 bits per heavy atom. The van der Waals surface area contributed by atoms with Crippen molar-refractivity contribution in [3.05, 3.63) is 54.9 Å². The van der Waals surface area contributed by atoms with Gasteiger partial charge in [-0.15, -0.1) is 6.58 Å². The molecular formula is C14H13N3O. The number of rotatable bonds is 4. The Morgan fingerprint density at radius 1 is 1.33 bits per heavy atom. The van der Waals surface area contributed by atoms with Crippen LogP contribution in [0.3, 0.4) is 0 Å². The predicted molar refractivity (Wildman–Crippen MR) is 71.8 cm³/mol. The van der Waals surface area contributed by atoms with Crippen LogP contribution in [0.2, 0.25) is 0 Å². The SMILES string of the molecule is C=CCNC(=O)C=Cc1cnc2ccccc2n1. The van der Waals surface area contributed by atoms with Crippen LogP contribution in [0.25, 0.3) is 17.1 Å². The molecule has 0 spiro atoms. The minimum Gasteiger partial charge on any atom is -0.349 e. The number of aromatic nitrogens is 2. The van der Waals surface area contributed by atoms with Gasteiger partial charge in [0.2, 0.25) is 5.91 Å².